The van der Waals surface area contributed by atoms with Gasteiger partial charge in [0.1, 0.15) is 11.6 Å². The van der Waals surface area contributed by atoms with Crippen LogP contribution >= 0.6 is 0 Å². The van der Waals surface area contributed by atoms with Crippen LogP contribution in [0.25, 0.3) is 0 Å². The number of Topliss-reactive ketones (excluding diaryl/α,β-unsaturated/α-hetero) is 2. The fourth-order valence-electron chi connectivity index (χ4n) is 1.31. The molecule has 0 bridgehead atoms. The maximum Gasteiger partial charge on any atom is 0.217 e. The lowest BCUT2D eigenvalue weighted by atomic mass is 9.93. The van der Waals surface area contributed by atoms with E-state index in [1.807, 2.05) is 0 Å². The summed E-state index contributed by atoms with van der Waals surface area (Å²) in [6, 6.07) is 0. The first-order chi connectivity index (χ1) is 6.97. The monoisotopic (exact) mass is 214 g/mol. The number of nitrogens with two attached hydrogens (primary N) is 1. The third-order valence-corrected chi connectivity index (χ3v) is 2.16. The topological polar surface area (TPSA) is 89.3 Å². The highest BCUT2D eigenvalue weighted by Crippen LogP contribution is 2.12. The molecule has 1 amide bonds. The zero-order valence-corrected chi connectivity index (χ0v) is 9.21. The predicted molar refractivity (Wildman–Crippen MR) is 56.2 cm³/mol. The number of nitrogens with one attached hydrogen (secondary N) is 1. The van der Waals surface area contributed by atoms with Gasteiger partial charge in [-0.1, -0.05) is 0 Å². The van der Waals surface area contributed by atoms with Crippen molar-refractivity contribution in [2.24, 2.45) is 11.7 Å². The Morgan fingerprint density at radius 2 is 1.93 bits per heavy atom. The van der Waals surface area contributed by atoms with Gasteiger partial charge in [-0.25, -0.2) is 0 Å². The standard InChI is InChI=1S/C10H18N2O3/c1-7(13)8(3-4-10(11)15)5-9(14)6-12-2/h8,12H,3-6H2,1-2H3,(H2,11,15). The Labute approximate surface area is 89.4 Å². The Balaban J connectivity index is 4.10. The molecule has 1 atom stereocenters. The molecule has 5 heteroatoms. The van der Waals surface area contributed by atoms with Gasteiger partial charge in [-0.05, 0) is 20.4 Å². The first-order valence-electron chi connectivity index (χ1n) is 4.92. The summed E-state index contributed by atoms with van der Waals surface area (Å²) >= 11 is 0. The van der Waals surface area contributed by atoms with Crippen LogP contribution in [0.1, 0.15) is 26.2 Å². The van der Waals surface area contributed by atoms with E-state index in [0.29, 0.717) is 6.42 Å². The average Bonchev–Trinajstić information content (AvgIpc) is 2.11. The molecule has 0 aliphatic heterocycles. The molecule has 3 N–H and O–H groups in total. The summed E-state index contributed by atoms with van der Waals surface area (Å²) in [6.45, 7) is 1.68. The summed E-state index contributed by atoms with van der Waals surface area (Å²) < 4.78 is 0. The molecular weight excluding hydrogens is 196 g/mol. The van der Waals surface area contributed by atoms with Crippen LogP contribution < -0.4 is 11.1 Å². The van der Waals surface area contributed by atoms with E-state index in [1.54, 1.807) is 7.05 Å². The Morgan fingerprint density at radius 1 is 1.33 bits per heavy atom. The minimum Gasteiger partial charge on any atom is -0.370 e. The van der Waals surface area contributed by atoms with Crippen LogP contribution in [0.4, 0.5) is 0 Å². The average molecular weight is 214 g/mol. The summed E-state index contributed by atoms with van der Waals surface area (Å²) in [7, 11) is 1.67. The minimum absolute atomic E-state index is 0.0258. The molecule has 1 unspecified atom stereocenters. The van der Waals surface area contributed by atoms with Crippen LogP contribution in [-0.4, -0.2) is 31.1 Å². The predicted octanol–water partition coefficient (Wildman–Crippen LogP) is -0.364. The van der Waals surface area contributed by atoms with E-state index in [2.05, 4.69) is 5.32 Å². The smallest absolute Gasteiger partial charge is 0.217 e. The molecule has 0 spiro atoms. The number of rotatable bonds is 8. The van der Waals surface area contributed by atoms with Gasteiger partial charge in [0.15, 0.2) is 0 Å². The second-order valence-corrected chi connectivity index (χ2v) is 3.59. The zero-order chi connectivity index (χ0) is 11.8. The second kappa shape index (κ2) is 7.11. The van der Waals surface area contributed by atoms with Crippen molar-refractivity contribution in [2.45, 2.75) is 26.2 Å². The molecule has 0 aliphatic rings. The lowest BCUT2D eigenvalue weighted by Crippen LogP contribution is -2.25. The molecule has 0 aromatic carbocycles. The number of ketones is 2. The van der Waals surface area contributed by atoms with Crippen molar-refractivity contribution in [3.63, 3.8) is 0 Å². The maximum atomic E-state index is 11.3. The van der Waals surface area contributed by atoms with Gasteiger partial charge in [-0.2, -0.15) is 0 Å². The Hall–Kier alpha value is -1.23. The highest BCUT2D eigenvalue weighted by Gasteiger charge is 2.18. The summed E-state index contributed by atoms with van der Waals surface area (Å²) in [5.74, 6) is -0.913. The lowest BCUT2D eigenvalue weighted by Gasteiger charge is -2.11. The largest absolute Gasteiger partial charge is 0.370 e. The molecule has 0 aromatic rings. The van der Waals surface area contributed by atoms with E-state index in [4.69, 9.17) is 5.73 Å². The van der Waals surface area contributed by atoms with Crippen LogP contribution in [0.2, 0.25) is 0 Å². The second-order valence-electron chi connectivity index (χ2n) is 3.59. The van der Waals surface area contributed by atoms with Gasteiger partial charge in [0, 0.05) is 18.8 Å². The molecule has 0 saturated heterocycles. The minimum atomic E-state index is -0.442. The van der Waals surface area contributed by atoms with Crippen molar-refractivity contribution in [3.05, 3.63) is 0 Å². The molecule has 0 saturated carbocycles. The summed E-state index contributed by atoms with van der Waals surface area (Å²) in [5, 5.41) is 2.72. The van der Waals surface area contributed by atoms with Gasteiger partial charge in [0.2, 0.25) is 5.91 Å². The third-order valence-electron chi connectivity index (χ3n) is 2.16. The summed E-state index contributed by atoms with van der Waals surface area (Å²) in [6.07, 6.45) is 0.695. The molecule has 0 fully saturated rings. The van der Waals surface area contributed by atoms with E-state index < -0.39 is 5.91 Å². The number of primary amides is 1. The number of carbonyl (C=O) groups is 3. The van der Waals surface area contributed by atoms with Gasteiger partial charge in [0.05, 0.1) is 6.54 Å². The van der Waals surface area contributed by atoms with Crippen molar-refractivity contribution in [3.8, 4) is 0 Å². The van der Waals surface area contributed by atoms with Gasteiger partial charge in [-0.15, -0.1) is 0 Å². The molecule has 5 nitrogen and oxygen atoms in total. The maximum absolute atomic E-state index is 11.3. The fraction of sp³-hybridized carbons (Fsp3) is 0.700. The number of likely N-dealkylation sites (N-methyl/N-ethyl adjacent to an activating group) is 1. The highest BCUT2D eigenvalue weighted by atomic mass is 16.1. The van der Waals surface area contributed by atoms with Crippen LogP contribution in [0.5, 0.6) is 0 Å². The van der Waals surface area contributed by atoms with Crippen LogP contribution in [-0.2, 0) is 14.4 Å². The van der Waals surface area contributed by atoms with Crippen molar-refractivity contribution in [2.75, 3.05) is 13.6 Å². The third kappa shape index (κ3) is 6.79. The van der Waals surface area contributed by atoms with E-state index in [-0.39, 0.29) is 36.9 Å². The Bertz CT molecular complexity index is 251. The van der Waals surface area contributed by atoms with Crippen molar-refractivity contribution >= 4 is 17.5 Å². The van der Waals surface area contributed by atoms with E-state index >= 15 is 0 Å². The molecule has 15 heavy (non-hydrogen) atoms. The first-order valence-corrected chi connectivity index (χ1v) is 4.92. The molecular formula is C10H18N2O3. The Kier molecular flexibility index (Phi) is 6.53. The van der Waals surface area contributed by atoms with E-state index in [1.165, 1.54) is 6.92 Å². The SMILES string of the molecule is CNCC(=O)CC(CCC(N)=O)C(C)=O. The molecule has 0 aliphatic carbocycles. The quantitative estimate of drug-likeness (QED) is 0.577. The normalized spacial score (nSPS) is 12.1. The van der Waals surface area contributed by atoms with Crippen LogP contribution in [0, 0.1) is 5.92 Å². The van der Waals surface area contributed by atoms with Crippen molar-refractivity contribution < 1.29 is 14.4 Å². The molecule has 0 aromatic heterocycles. The molecule has 0 rings (SSSR count). The van der Waals surface area contributed by atoms with Crippen molar-refractivity contribution in [1.29, 1.82) is 0 Å². The van der Waals surface area contributed by atoms with E-state index in [9.17, 15) is 14.4 Å². The lowest BCUT2D eigenvalue weighted by molar-refractivity contribution is -0.127. The van der Waals surface area contributed by atoms with Crippen molar-refractivity contribution in [1.82, 2.24) is 5.32 Å². The molecule has 86 valence electrons. The van der Waals surface area contributed by atoms with Gasteiger partial charge >= 0.3 is 0 Å². The number of carbonyl (C=O) groups excluding carboxylic acids is 3. The number of hydrogen-bond donors (Lipinski definition) is 2. The van der Waals surface area contributed by atoms with Gasteiger partial charge in [0.25, 0.3) is 0 Å². The van der Waals surface area contributed by atoms with E-state index in [0.717, 1.165) is 0 Å². The molecule has 0 heterocycles. The van der Waals surface area contributed by atoms with Gasteiger partial charge < -0.3 is 11.1 Å². The number of hydrogen-bond acceptors (Lipinski definition) is 4. The fourth-order valence-corrected chi connectivity index (χ4v) is 1.31. The summed E-state index contributed by atoms with van der Waals surface area (Å²) in [4.78, 5) is 33.0. The summed E-state index contributed by atoms with van der Waals surface area (Å²) in [5.41, 5.74) is 4.98. The first kappa shape index (κ1) is 13.8. The Morgan fingerprint density at radius 3 is 2.33 bits per heavy atom. The zero-order valence-electron chi connectivity index (χ0n) is 9.21. The van der Waals surface area contributed by atoms with Crippen LogP contribution in [0.15, 0.2) is 0 Å². The number of amides is 1. The highest BCUT2D eigenvalue weighted by molar-refractivity contribution is 5.88. The van der Waals surface area contributed by atoms with Gasteiger partial charge in [-0.3, -0.25) is 14.4 Å². The van der Waals surface area contributed by atoms with Crippen LogP contribution in [0.3, 0.4) is 0 Å². The molecule has 0 radical (unpaired) electrons.